The molecule has 0 aromatic rings. The summed E-state index contributed by atoms with van der Waals surface area (Å²) in [6.07, 6.45) is 3.98. The highest BCUT2D eigenvalue weighted by Crippen LogP contribution is 2.10. The van der Waals surface area contributed by atoms with Gasteiger partial charge >= 0.3 is 6.09 Å². The number of hydrogen-bond donors (Lipinski definition) is 2. The van der Waals surface area contributed by atoms with Crippen LogP contribution in [0, 0.1) is 0 Å². The molecule has 6 nitrogen and oxygen atoms in total. The van der Waals surface area contributed by atoms with E-state index in [1.54, 1.807) is 40.3 Å². The number of ketones is 1. The molecule has 0 bridgehead atoms. The third-order valence-corrected chi connectivity index (χ3v) is 4.20. The van der Waals surface area contributed by atoms with Crippen molar-refractivity contribution in [2.24, 2.45) is 0 Å². The van der Waals surface area contributed by atoms with Gasteiger partial charge in [-0.2, -0.15) is 0 Å². The van der Waals surface area contributed by atoms with Crippen molar-refractivity contribution in [3.05, 3.63) is 0 Å². The van der Waals surface area contributed by atoms with E-state index in [1.807, 2.05) is 0 Å². The molecule has 0 rings (SSSR count). The molecule has 0 radical (unpaired) electrons. The van der Waals surface area contributed by atoms with E-state index in [9.17, 15) is 13.8 Å². The predicted octanol–water partition coefficient (Wildman–Crippen LogP) is 1.60. The minimum atomic E-state index is -1.86. The van der Waals surface area contributed by atoms with E-state index < -0.39 is 27.7 Å². The summed E-state index contributed by atoms with van der Waals surface area (Å²) in [5, 5.41) is 5.72. The topological polar surface area (TPSA) is 84.5 Å². The molecule has 130 valence electrons. The van der Waals surface area contributed by atoms with Gasteiger partial charge in [0.1, 0.15) is 23.9 Å². The minimum Gasteiger partial charge on any atom is -0.444 e. The largest absolute Gasteiger partial charge is 0.444 e. The van der Waals surface area contributed by atoms with Gasteiger partial charge in [0, 0.05) is 0 Å². The molecule has 1 unspecified atom stereocenters. The summed E-state index contributed by atoms with van der Waals surface area (Å²) < 4.78 is 17.0. The molecule has 0 aliphatic carbocycles. The van der Waals surface area contributed by atoms with E-state index in [0.29, 0.717) is 18.6 Å². The molecule has 0 aromatic heterocycles. The number of amides is 1. The summed E-state index contributed by atoms with van der Waals surface area (Å²) >= 11 is 0. The summed E-state index contributed by atoms with van der Waals surface area (Å²) in [4.78, 5) is 23.5. The van der Waals surface area contributed by atoms with Gasteiger partial charge in [-0.05, 0) is 47.6 Å². The number of Topliss-reactive ketones (excluding diaryl/α,β-unsaturated/α-hetero) is 1. The number of carbonyl (C=O) groups excluding carboxylic acids is 2. The van der Waals surface area contributed by atoms with Crippen LogP contribution in [0.25, 0.3) is 0 Å². The number of nitrogens with one attached hydrogen (secondary N) is 2. The van der Waals surface area contributed by atoms with Gasteiger partial charge in [0.15, 0.2) is 5.78 Å². The zero-order valence-corrected chi connectivity index (χ0v) is 15.6. The van der Waals surface area contributed by atoms with Crippen LogP contribution < -0.4 is 10.6 Å². The fraction of sp³-hybridized carbons (Fsp3) is 0.867. The van der Waals surface area contributed by atoms with Crippen molar-refractivity contribution >= 4 is 21.8 Å². The second-order valence-electron chi connectivity index (χ2n) is 6.98. The predicted molar refractivity (Wildman–Crippen MR) is 90.7 cm³/mol. The Hall–Kier alpha value is -0.950. The summed E-state index contributed by atoms with van der Waals surface area (Å²) in [6.45, 7) is 6.75. The standard InChI is InChI=1S/C15H30N2O4S/c1-11(18)13(17-14(19)21-15(2,3)4)9-8-12(16-5)10-22(6,7)20/h12-13,16H,8-10H2,1-7H3/p+1/t12?,13-/m0/s1. The zero-order valence-electron chi connectivity index (χ0n) is 14.8. The van der Waals surface area contributed by atoms with Gasteiger partial charge in [0.05, 0.1) is 22.0 Å². The van der Waals surface area contributed by atoms with Gasteiger partial charge in [0.2, 0.25) is 0 Å². The number of alkyl carbamates (subject to hydrolysis) is 1. The van der Waals surface area contributed by atoms with E-state index in [4.69, 9.17) is 4.74 Å². The minimum absolute atomic E-state index is 0.0461. The van der Waals surface area contributed by atoms with Gasteiger partial charge in [-0.3, -0.25) is 4.79 Å². The summed E-state index contributed by atoms with van der Waals surface area (Å²) in [5.41, 5.74) is -0.602. The van der Waals surface area contributed by atoms with Crippen LogP contribution in [0.2, 0.25) is 0 Å². The van der Waals surface area contributed by atoms with E-state index in [1.165, 1.54) is 6.92 Å². The molecule has 1 amide bonds. The van der Waals surface area contributed by atoms with Crippen LogP contribution in [0.3, 0.4) is 0 Å². The maximum absolute atomic E-state index is 11.9. The van der Waals surface area contributed by atoms with Gasteiger partial charge in [-0.25, -0.2) is 4.79 Å². The highest BCUT2D eigenvalue weighted by atomic mass is 32.2. The second kappa shape index (κ2) is 8.62. The van der Waals surface area contributed by atoms with Crippen LogP contribution in [0.1, 0.15) is 40.5 Å². The molecule has 2 atom stereocenters. The molecule has 0 fully saturated rings. The number of carbonyl (C=O) groups is 2. The van der Waals surface area contributed by atoms with Gasteiger partial charge in [-0.1, -0.05) is 0 Å². The third-order valence-electron chi connectivity index (χ3n) is 3.00. The normalized spacial score (nSPS) is 15.0. The monoisotopic (exact) mass is 335 g/mol. The summed E-state index contributed by atoms with van der Waals surface area (Å²) in [6, 6.07) is -0.541. The van der Waals surface area contributed by atoms with Gasteiger partial charge in [-0.15, -0.1) is 4.21 Å². The van der Waals surface area contributed by atoms with E-state index in [2.05, 4.69) is 10.6 Å². The quantitative estimate of drug-likeness (QED) is 0.658. The molecule has 0 saturated heterocycles. The number of ether oxygens (including phenoxy) is 1. The van der Waals surface area contributed by atoms with Crippen LogP contribution in [0.4, 0.5) is 4.79 Å². The Morgan fingerprint density at radius 1 is 1.18 bits per heavy atom. The van der Waals surface area contributed by atoms with Crippen molar-refractivity contribution in [2.75, 3.05) is 25.3 Å². The maximum Gasteiger partial charge on any atom is 0.408 e. The van der Waals surface area contributed by atoms with E-state index in [-0.39, 0.29) is 11.8 Å². The van der Waals surface area contributed by atoms with E-state index in [0.717, 1.165) is 0 Å². The molecule has 0 aliphatic rings. The van der Waals surface area contributed by atoms with Crippen molar-refractivity contribution in [1.29, 1.82) is 0 Å². The van der Waals surface area contributed by atoms with Crippen molar-refractivity contribution in [2.45, 2.75) is 58.2 Å². The fourth-order valence-electron chi connectivity index (χ4n) is 1.99. The van der Waals surface area contributed by atoms with Crippen LogP contribution in [0.5, 0.6) is 0 Å². The Kier molecular flexibility index (Phi) is 8.25. The molecular formula is C15H31N2O4S+. The highest BCUT2D eigenvalue weighted by Gasteiger charge is 2.25. The van der Waals surface area contributed by atoms with E-state index >= 15 is 0 Å². The van der Waals surface area contributed by atoms with Crippen molar-refractivity contribution < 1.29 is 18.5 Å². The van der Waals surface area contributed by atoms with Gasteiger partial charge in [0.25, 0.3) is 0 Å². The van der Waals surface area contributed by atoms with Crippen molar-refractivity contribution in [3.8, 4) is 0 Å². The Labute approximate surface area is 135 Å². The molecular weight excluding hydrogens is 304 g/mol. The average molecular weight is 335 g/mol. The second-order valence-corrected chi connectivity index (χ2v) is 10.2. The first-order valence-corrected chi connectivity index (χ1v) is 9.97. The molecule has 7 heteroatoms. The zero-order chi connectivity index (χ0) is 17.6. The molecule has 2 N–H and O–H groups in total. The Morgan fingerprint density at radius 3 is 2.09 bits per heavy atom. The molecule has 22 heavy (non-hydrogen) atoms. The Morgan fingerprint density at radius 2 is 1.73 bits per heavy atom. The smallest absolute Gasteiger partial charge is 0.408 e. The first kappa shape index (κ1) is 21.0. The fourth-order valence-corrected chi connectivity index (χ4v) is 3.29. The number of hydrogen-bond acceptors (Lipinski definition) is 5. The molecule has 0 aliphatic heterocycles. The summed E-state index contributed by atoms with van der Waals surface area (Å²) in [7, 11) is -0.0547. The third kappa shape index (κ3) is 10.7. The highest BCUT2D eigenvalue weighted by molar-refractivity contribution is 8.01. The number of rotatable bonds is 8. The molecule has 0 heterocycles. The lowest BCUT2D eigenvalue weighted by atomic mass is 10.0. The molecule has 0 saturated carbocycles. The van der Waals surface area contributed by atoms with Crippen molar-refractivity contribution in [1.82, 2.24) is 10.6 Å². The average Bonchev–Trinajstić information content (AvgIpc) is 2.28. The van der Waals surface area contributed by atoms with Crippen LogP contribution in [0.15, 0.2) is 0 Å². The first-order valence-electron chi connectivity index (χ1n) is 7.43. The summed E-state index contributed by atoms with van der Waals surface area (Å²) in [5.74, 6) is 0.426. The van der Waals surface area contributed by atoms with Crippen molar-refractivity contribution in [3.63, 3.8) is 0 Å². The Bertz CT molecular complexity index is 426. The van der Waals surface area contributed by atoms with Crippen LogP contribution in [-0.2, 0) is 23.7 Å². The lowest BCUT2D eigenvalue weighted by Gasteiger charge is -2.23. The lowest BCUT2D eigenvalue weighted by molar-refractivity contribution is -0.119. The SMILES string of the molecule is CNC(CC[C@H](NC(=O)OC(C)(C)C)C(C)=O)C[S+](C)(C)=O. The molecule has 0 spiro atoms. The van der Waals surface area contributed by atoms with Crippen LogP contribution >= 0.6 is 0 Å². The molecule has 0 aromatic carbocycles. The lowest BCUT2D eigenvalue weighted by Crippen LogP contribution is -2.44. The van der Waals surface area contributed by atoms with Gasteiger partial charge < -0.3 is 15.4 Å². The Balaban J connectivity index is 4.56. The maximum atomic E-state index is 11.9. The first-order chi connectivity index (χ1) is 9.84. The van der Waals surface area contributed by atoms with Crippen LogP contribution in [-0.4, -0.2) is 54.9 Å².